The Hall–Kier alpha value is -3.07. The molecule has 3 aromatic carbocycles. The van der Waals surface area contributed by atoms with Crippen LogP contribution in [0.25, 0.3) is 10.8 Å². The van der Waals surface area contributed by atoms with Crippen molar-refractivity contribution < 1.29 is 18.0 Å². The summed E-state index contributed by atoms with van der Waals surface area (Å²) in [5.74, 6) is -0.118. The van der Waals surface area contributed by atoms with Gasteiger partial charge in [-0.25, -0.2) is 8.42 Å². The van der Waals surface area contributed by atoms with Gasteiger partial charge in [-0.2, -0.15) is 4.31 Å². The number of piperazine rings is 1. The first kappa shape index (κ1) is 24.1. The lowest BCUT2D eigenvalue weighted by Gasteiger charge is -2.34. The minimum absolute atomic E-state index is 0.00820. The second-order valence-electron chi connectivity index (χ2n) is 8.72. The summed E-state index contributed by atoms with van der Waals surface area (Å²) in [5, 5.41) is 2.36. The highest BCUT2D eigenvalue weighted by Crippen LogP contribution is 2.19. The van der Waals surface area contributed by atoms with Crippen LogP contribution in [0.1, 0.15) is 22.8 Å². The van der Waals surface area contributed by atoms with E-state index >= 15 is 0 Å². The molecule has 0 unspecified atom stereocenters. The molecule has 1 saturated heterocycles. The lowest BCUT2D eigenvalue weighted by Crippen LogP contribution is -2.52. The summed E-state index contributed by atoms with van der Waals surface area (Å²) in [7, 11) is -1.75. The zero-order chi connectivity index (χ0) is 24.3. The number of hydrogen-bond donors (Lipinski definition) is 0. The van der Waals surface area contributed by atoms with Gasteiger partial charge in [0.25, 0.3) is 0 Å². The maximum atomic E-state index is 12.9. The van der Waals surface area contributed by atoms with Crippen LogP contribution in [-0.4, -0.2) is 74.0 Å². The molecule has 0 aromatic heterocycles. The van der Waals surface area contributed by atoms with E-state index in [1.807, 2.05) is 24.1 Å². The summed E-state index contributed by atoms with van der Waals surface area (Å²) in [5.41, 5.74) is 1.61. The van der Waals surface area contributed by atoms with Crippen molar-refractivity contribution in [2.75, 3.05) is 39.8 Å². The monoisotopic (exact) mass is 479 g/mol. The van der Waals surface area contributed by atoms with Crippen LogP contribution < -0.4 is 0 Å². The van der Waals surface area contributed by atoms with Gasteiger partial charge in [0.2, 0.25) is 15.9 Å². The van der Waals surface area contributed by atoms with Crippen LogP contribution in [0.3, 0.4) is 0 Å². The van der Waals surface area contributed by atoms with Gasteiger partial charge in [0.05, 0.1) is 11.4 Å². The van der Waals surface area contributed by atoms with Gasteiger partial charge >= 0.3 is 0 Å². The molecule has 1 amide bonds. The quantitative estimate of drug-likeness (QED) is 0.487. The van der Waals surface area contributed by atoms with Gasteiger partial charge in [-0.3, -0.25) is 14.5 Å². The predicted octanol–water partition coefficient (Wildman–Crippen LogP) is 3.01. The molecule has 1 aliphatic rings. The first-order valence-corrected chi connectivity index (χ1v) is 12.7. The molecule has 0 bridgehead atoms. The molecule has 3 aromatic rings. The van der Waals surface area contributed by atoms with Crippen LogP contribution in [-0.2, 0) is 21.4 Å². The number of likely N-dealkylation sites (N-methyl/N-ethyl adjacent to an activating group) is 1. The molecule has 0 radical (unpaired) electrons. The van der Waals surface area contributed by atoms with Gasteiger partial charge in [-0.15, -0.1) is 0 Å². The highest BCUT2D eigenvalue weighted by atomic mass is 32.2. The Balaban J connectivity index is 1.31. The summed E-state index contributed by atoms with van der Waals surface area (Å²) in [6, 6.07) is 20.5. The SMILES string of the molecule is CC(=O)c1ccc(S(=O)(=O)N2CCN(C(=O)CN(C)Cc3ccc4ccccc4c3)CC2)cc1. The largest absolute Gasteiger partial charge is 0.339 e. The average Bonchev–Trinajstić information content (AvgIpc) is 2.84. The van der Waals surface area contributed by atoms with Crippen LogP contribution in [0.2, 0.25) is 0 Å². The average molecular weight is 480 g/mol. The normalized spacial score (nSPS) is 15.1. The molecule has 0 spiro atoms. The van der Waals surface area contributed by atoms with Crippen molar-refractivity contribution in [2.45, 2.75) is 18.4 Å². The van der Waals surface area contributed by atoms with E-state index in [1.165, 1.54) is 46.3 Å². The third-order valence-corrected chi connectivity index (χ3v) is 8.07. The molecule has 1 fully saturated rings. The van der Waals surface area contributed by atoms with Crippen molar-refractivity contribution in [3.05, 3.63) is 77.9 Å². The first-order chi connectivity index (χ1) is 16.2. The highest BCUT2D eigenvalue weighted by molar-refractivity contribution is 7.89. The van der Waals surface area contributed by atoms with Crippen LogP contribution in [0, 0.1) is 0 Å². The minimum atomic E-state index is -3.66. The molecule has 0 aliphatic carbocycles. The number of nitrogens with zero attached hydrogens (tertiary/aromatic N) is 3. The third kappa shape index (κ3) is 5.35. The van der Waals surface area contributed by atoms with Crippen LogP contribution in [0.4, 0.5) is 0 Å². The number of carbonyl (C=O) groups excluding carboxylic acids is 2. The molecular formula is C26H29N3O4S. The van der Waals surface area contributed by atoms with E-state index in [9.17, 15) is 18.0 Å². The van der Waals surface area contributed by atoms with Crippen molar-refractivity contribution in [1.82, 2.24) is 14.1 Å². The van der Waals surface area contributed by atoms with Crippen molar-refractivity contribution in [3.8, 4) is 0 Å². The summed E-state index contributed by atoms with van der Waals surface area (Å²) in [4.78, 5) is 28.1. The molecule has 178 valence electrons. The highest BCUT2D eigenvalue weighted by Gasteiger charge is 2.30. The molecule has 34 heavy (non-hydrogen) atoms. The molecule has 7 nitrogen and oxygen atoms in total. The van der Waals surface area contributed by atoms with Gasteiger partial charge in [0, 0.05) is 38.3 Å². The molecule has 4 rings (SSSR count). The van der Waals surface area contributed by atoms with Crippen LogP contribution >= 0.6 is 0 Å². The standard InChI is InChI=1S/C26H29N3O4S/c1-20(30)22-9-11-25(12-10-22)34(32,33)29-15-13-28(14-16-29)26(31)19-27(2)18-21-7-8-23-5-3-4-6-24(23)17-21/h3-12,17H,13-16,18-19H2,1-2H3. The van der Waals surface area contributed by atoms with Gasteiger partial charge in [0.15, 0.2) is 5.78 Å². The summed E-state index contributed by atoms with van der Waals surface area (Å²) in [6.45, 7) is 3.57. The molecule has 1 aliphatic heterocycles. The molecule has 0 atom stereocenters. The Morgan fingerprint density at radius 1 is 0.882 bits per heavy atom. The van der Waals surface area contributed by atoms with E-state index in [0.717, 1.165) is 5.56 Å². The molecular weight excluding hydrogens is 450 g/mol. The second kappa shape index (κ2) is 10.0. The molecule has 0 N–H and O–H groups in total. The van der Waals surface area contributed by atoms with Gasteiger partial charge in [-0.1, -0.05) is 48.5 Å². The number of hydrogen-bond acceptors (Lipinski definition) is 5. The van der Waals surface area contributed by atoms with E-state index in [2.05, 4.69) is 30.3 Å². The molecule has 8 heteroatoms. The Labute approximate surface area is 200 Å². The van der Waals surface area contributed by atoms with E-state index in [4.69, 9.17) is 0 Å². The van der Waals surface area contributed by atoms with Crippen molar-refractivity contribution in [3.63, 3.8) is 0 Å². The maximum absolute atomic E-state index is 12.9. The van der Waals surface area contributed by atoms with Crippen LogP contribution in [0.15, 0.2) is 71.6 Å². The fraction of sp³-hybridized carbons (Fsp3) is 0.308. The third-order valence-electron chi connectivity index (χ3n) is 6.16. The molecule has 1 heterocycles. The number of benzene rings is 3. The lowest BCUT2D eigenvalue weighted by atomic mass is 10.1. The summed E-state index contributed by atoms with van der Waals surface area (Å²) in [6.07, 6.45) is 0. The topological polar surface area (TPSA) is 78.0 Å². The Morgan fingerprint density at radius 2 is 1.53 bits per heavy atom. The van der Waals surface area contributed by atoms with Crippen LogP contribution in [0.5, 0.6) is 0 Å². The van der Waals surface area contributed by atoms with Gasteiger partial charge < -0.3 is 4.90 Å². The Bertz CT molecular complexity index is 1300. The number of sulfonamides is 1. The zero-order valence-corrected chi connectivity index (χ0v) is 20.3. The van der Waals surface area contributed by atoms with E-state index in [0.29, 0.717) is 25.2 Å². The summed E-state index contributed by atoms with van der Waals surface area (Å²) >= 11 is 0. The van der Waals surface area contributed by atoms with E-state index in [-0.39, 0.29) is 36.2 Å². The van der Waals surface area contributed by atoms with E-state index < -0.39 is 10.0 Å². The fourth-order valence-corrected chi connectivity index (χ4v) is 5.65. The Morgan fingerprint density at radius 3 is 2.18 bits per heavy atom. The summed E-state index contributed by atoms with van der Waals surface area (Å²) < 4.78 is 27.3. The number of carbonyl (C=O) groups is 2. The molecule has 0 saturated carbocycles. The number of fused-ring (bicyclic) bond motifs is 1. The smallest absolute Gasteiger partial charge is 0.243 e. The zero-order valence-electron chi connectivity index (χ0n) is 19.5. The number of Topliss-reactive ketones (excluding diaryl/α,β-unsaturated/α-hetero) is 1. The number of rotatable bonds is 7. The Kier molecular flexibility index (Phi) is 7.11. The first-order valence-electron chi connectivity index (χ1n) is 11.3. The van der Waals surface area contributed by atoms with Gasteiger partial charge in [0.1, 0.15) is 0 Å². The second-order valence-corrected chi connectivity index (χ2v) is 10.7. The van der Waals surface area contributed by atoms with Gasteiger partial charge in [-0.05, 0) is 48.5 Å². The lowest BCUT2D eigenvalue weighted by molar-refractivity contribution is -0.133. The number of amides is 1. The van der Waals surface area contributed by atoms with E-state index in [1.54, 1.807) is 4.90 Å². The minimum Gasteiger partial charge on any atom is -0.339 e. The van der Waals surface area contributed by atoms with Crippen molar-refractivity contribution in [1.29, 1.82) is 0 Å². The fourth-order valence-electron chi connectivity index (χ4n) is 4.22. The van der Waals surface area contributed by atoms with Crippen molar-refractivity contribution >= 4 is 32.5 Å². The number of ketones is 1. The predicted molar refractivity (Wildman–Crippen MR) is 132 cm³/mol. The van der Waals surface area contributed by atoms with Crippen molar-refractivity contribution in [2.24, 2.45) is 0 Å². The maximum Gasteiger partial charge on any atom is 0.243 e.